The molecular formula is C23H21NO7. The van der Waals surface area contributed by atoms with Gasteiger partial charge in [-0.1, -0.05) is 18.8 Å². The van der Waals surface area contributed by atoms with E-state index in [1.807, 2.05) is 6.92 Å². The highest BCUT2D eigenvalue weighted by Gasteiger charge is 2.60. The Bertz CT molecular complexity index is 1180. The van der Waals surface area contributed by atoms with E-state index in [0.717, 1.165) is 0 Å². The van der Waals surface area contributed by atoms with Crippen LogP contribution in [-0.2, 0) is 20.8 Å². The monoisotopic (exact) mass is 423 g/mol. The molecule has 1 fully saturated rings. The van der Waals surface area contributed by atoms with Crippen molar-refractivity contribution in [2.45, 2.75) is 38.2 Å². The smallest absolute Gasteiger partial charge is 0.255 e. The maximum Gasteiger partial charge on any atom is 0.255 e. The van der Waals surface area contributed by atoms with Crippen LogP contribution in [0.3, 0.4) is 0 Å². The number of hydrogen-bond acceptors (Lipinski definition) is 7. The number of aliphatic hydroxyl groups excluding tert-OH is 2. The summed E-state index contributed by atoms with van der Waals surface area (Å²) in [7, 11) is 0. The van der Waals surface area contributed by atoms with Crippen molar-refractivity contribution in [2.75, 3.05) is 0 Å². The molecule has 0 unspecified atom stereocenters. The van der Waals surface area contributed by atoms with E-state index in [9.17, 15) is 34.8 Å². The Morgan fingerprint density at radius 2 is 1.94 bits per heavy atom. The molecular weight excluding hydrogens is 402 g/mol. The predicted octanol–water partition coefficient (Wildman–Crippen LogP) is 1.19. The molecule has 1 saturated carbocycles. The van der Waals surface area contributed by atoms with Gasteiger partial charge in [0.2, 0.25) is 5.78 Å². The number of amides is 1. The van der Waals surface area contributed by atoms with Crippen molar-refractivity contribution in [3.8, 4) is 17.6 Å². The van der Waals surface area contributed by atoms with Gasteiger partial charge in [0.25, 0.3) is 5.91 Å². The Hall–Kier alpha value is -3.57. The number of nitrogens with two attached hydrogens (primary N) is 1. The SMILES string of the molecule is CCC#Cc1ccc(O)c2c1C[C@H]1C[C@H]3CC(=O)C(C(N)=O)=C(O)[C@@]3(O)C(=O)C1=C2O. The molecule has 3 aliphatic rings. The van der Waals surface area contributed by atoms with Gasteiger partial charge in [0.15, 0.2) is 11.4 Å². The lowest BCUT2D eigenvalue weighted by Gasteiger charge is -2.46. The molecule has 0 heterocycles. The van der Waals surface area contributed by atoms with Crippen LogP contribution in [0.15, 0.2) is 29.0 Å². The van der Waals surface area contributed by atoms with Crippen LogP contribution >= 0.6 is 0 Å². The fourth-order valence-corrected chi connectivity index (χ4v) is 4.92. The number of carbonyl (C=O) groups excluding carboxylic acids is 3. The molecule has 1 aromatic carbocycles. The topological polar surface area (TPSA) is 158 Å². The maximum absolute atomic E-state index is 13.4. The number of benzene rings is 1. The Morgan fingerprint density at radius 1 is 1.23 bits per heavy atom. The first kappa shape index (κ1) is 20.7. The number of carbonyl (C=O) groups is 3. The number of Topliss-reactive ketones (excluding diaryl/α,β-unsaturated/α-hetero) is 2. The number of primary amides is 1. The molecule has 160 valence electrons. The summed E-state index contributed by atoms with van der Waals surface area (Å²) in [6, 6.07) is 3.00. The number of aliphatic hydroxyl groups is 3. The van der Waals surface area contributed by atoms with Crippen LogP contribution in [0.4, 0.5) is 0 Å². The number of rotatable bonds is 1. The van der Waals surface area contributed by atoms with Crippen LogP contribution in [0.2, 0.25) is 0 Å². The van der Waals surface area contributed by atoms with E-state index in [-0.39, 0.29) is 36.1 Å². The van der Waals surface area contributed by atoms with Crippen LogP contribution in [0.5, 0.6) is 5.75 Å². The average Bonchev–Trinajstić information content (AvgIpc) is 2.70. The Kier molecular flexibility index (Phi) is 4.67. The highest BCUT2D eigenvalue weighted by molar-refractivity contribution is 6.22. The van der Waals surface area contributed by atoms with Crippen molar-refractivity contribution < 1.29 is 34.8 Å². The number of aromatic hydroxyl groups is 1. The minimum Gasteiger partial charge on any atom is -0.508 e. The van der Waals surface area contributed by atoms with Gasteiger partial charge >= 0.3 is 0 Å². The number of ketones is 2. The van der Waals surface area contributed by atoms with Crippen molar-refractivity contribution in [1.29, 1.82) is 0 Å². The lowest BCUT2D eigenvalue weighted by Crippen LogP contribution is -2.58. The zero-order valence-electron chi connectivity index (χ0n) is 16.7. The van der Waals surface area contributed by atoms with Crippen LogP contribution in [0.25, 0.3) is 5.76 Å². The fourth-order valence-electron chi connectivity index (χ4n) is 4.92. The minimum absolute atomic E-state index is 0.0510. The largest absolute Gasteiger partial charge is 0.508 e. The van der Waals surface area contributed by atoms with Crippen molar-refractivity contribution in [1.82, 2.24) is 0 Å². The zero-order chi connectivity index (χ0) is 22.7. The second-order valence-corrected chi connectivity index (χ2v) is 8.05. The molecule has 0 bridgehead atoms. The van der Waals surface area contributed by atoms with Crippen molar-refractivity contribution in [3.05, 3.63) is 45.7 Å². The van der Waals surface area contributed by atoms with Gasteiger partial charge in [-0.2, -0.15) is 0 Å². The highest BCUT2D eigenvalue weighted by atomic mass is 16.3. The molecule has 3 atom stereocenters. The molecule has 1 amide bonds. The molecule has 1 aromatic rings. The van der Waals surface area contributed by atoms with Crippen molar-refractivity contribution >= 4 is 23.2 Å². The summed E-state index contributed by atoms with van der Waals surface area (Å²) in [5, 5.41) is 43.0. The first-order chi connectivity index (χ1) is 14.6. The highest BCUT2D eigenvalue weighted by Crippen LogP contribution is 2.52. The third kappa shape index (κ3) is 2.77. The van der Waals surface area contributed by atoms with E-state index in [1.54, 1.807) is 6.07 Å². The van der Waals surface area contributed by atoms with Crippen LogP contribution < -0.4 is 5.73 Å². The summed E-state index contributed by atoms with van der Waals surface area (Å²) in [5.74, 6) is -0.449. The van der Waals surface area contributed by atoms with Crippen LogP contribution in [0, 0.1) is 23.7 Å². The van der Waals surface area contributed by atoms with Gasteiger partial charge in [-0.05, 0) is 36.5 Å². The van der Waals surface area contributed by atoms with Crippen molar-refractivity contribution in [2.24, 2.45) is 17.6 Å². The first-order valence-corrected chi connectivity index (χ1v) is 9.93. The van der Waals surface area contributed by atoms with Gasteiger partial charge in [-0.25, -0.2) is 0 Å². The van der Waals surface area contributed by atoms with Gasteiger partial charge in [0.1, 0.15) is 22.8 Å². The van der Waals surface area contributed by atoms with Gasteiger partial charge in [-0.3, -0.25) is 14.4 Å². The lowest BCUT2D eigenvalue weighted by molar-refractivity contribution is -0.147. The van der Waals surface area contributed by atoms with Gasteiger partial charge in [0.05, 0.1) is 5.56 Å². The number of phenolic OH excluding ortho intramolecular Hbond substituents is 1. The normalized spacial score (nSPS) is 27.2. The maximum atomic E-state index is 13.4. The second-order valence-electron chi connectivity index (χ2n) is 8.05. The summed E-state index contributed by atoms with van der Waals surface area (Å²) < 4.78 is 0. The fraction of sp³-hybridized carbons (Fsp3) is 0.348. The summed E-state index contributed by atoms with van der Waals surface area (Å²) in [6.07, 6.45) is 0.607. The van der Waals surface area contributed by atoms with Crippen LogP contribution in [-0.4, -0.2) is 43.5 Å². The summed E-state index contributed by atoms with van der Waals surface area (Å²) in [6.45, 7) is 1.89. The quantitative estimate of drug-likeness (QED) is 0.335. The van der Waals surface area contributed by atoms with E-state index in [4.69, 9.17) is 5.73 Å². The van der Waals surface area contributed by atoms with Crippen LogP contribution in [0.1, 0.15) is 42.9 Å². The first-order valence-electron chi connectivity index (χ1n) is 9.93. The molecule has 4 rings (SSSR count). The molecule has 0 radical (unpaired) electrons. The lowest BCUT2D eigenvalue weighted by atomic mass is 9.59. The third-order valence-corrected chi connectivity index (χ3v) is 6.35. The number of phenols is 1. The molecule has 8 nitrogen and oxygen atoms in total. The van der Waals surface area contributed by atoms with Gasteiger partial charge in [-0.15, -0.1) is 0 Å². The standard InChI is InChI=1S/C23H21NO7/c1-2-3-4-10-5-6-14(25)17-13(10)8-11-7-12-9-15(26)18(22(24)30)21(29)23(12,31)20(28)16(11)19(17)27/h5-6,11-12,25,27,29,31H,2,7-9H2,1H3,(H2,24,30)/t11-,12+,23+/m1/s1. The second kappa shape index (κ2) is 7.00. The summed E-state index contributed by atoms with van der Waals surface area (Å²) in [4.78, 5) is 37.3. The summed E-state index contributed by atoms with van der Waals surface area (Å²) >= 11 is 0. The Morgan fingerprint density at radius 3 is 2.58 bits per heavy atom. The Labute approximate surface area is 177 Å². The molecule has 0 aromatic heterocycles. The third-order valence-electron chi connectivity index (χ3n) is 6.35. The molecule has 0 aliphatic heterocycles. The van der Waals surface area contributed by atoms with Crippen molar-refractivity contribution in [3.63, 3.8) is 0 Å². The van der Waals surface area contributed by atoms with Gasteiger partial charge in [0, 0.05) is 29.9 Å². The molecule has 0 spiro atoms. The minimum atomic E-state index is -2.55. The van der Waals surface area contributed by atoms with E-state index >= 15 is 0 Å². The van der Waals surface area contributed by atoms with E-state index in [2.05, 4.69) is 11.8 Å². The van der Waals surface area contributed by atoms with E-state index in [0.29, 0.717) is 17.5 Å². The molecule has 31 heavy (non-hydrogen) atoms. The molecule has 8 heteroatoms. The number of fused-ring (bicyclic) bond motifs is 3. The van der Waals surface area contributed by atoms with E-state index in [1.165, 1.54) is 6.07 Å². The summed E-state index contributed by atoms with van der Waals surface area (Å²) in [5.41, 5.74) is 2.88. The predicted molar refractivity (Wildman–Crippen MR) is 109 cm³/mol. The zero-order valence-corrected chi connectivity index (χ0v) is 16.7. The average molecular weight is 423 g/mol. The number of hydrogen-bond donors (Lipinski definition) is 5. The molecule has 3 aliphatic carbocycles. The van der Waals surface area contributed by atoms with E-state index < -0.39 is 52.0 Å². The molecule has 6 N–H and O–H groups in total. The Balaban J connectivity index is 1.93. The molecule has 0 saturated heterocycles. The van der Waals surface area contributed by atoms with Gasteiger partial charge < -0.3 is 26.2 Å².